The number of nitrogens with one attached hydrogen (secondary N) is 1. The van der Waals surface area contributed by atoms with E-state index in [1.54, 1.807) is 31.2 Å². The van der Waals surface area contributed by atoms with E-state index >= 15 is 0 Å². The molecule has 1 aliphatic carbocycles. The number of halogens is 1. The van der Waals surface area contributed by atoms with Crippen molar-refractivity contribution in [1.82, 2.24) is 9.62 Å². The van der Waals surface area contributed by atoms with E-state index in [0.29, 0.717) is 55.7 Å². The average Bonchev–Trinajstić information content (AvgIpc) is 3.09. The number of amides is 2. The number of sulfonamides is 1. The average molecular weight is 712 g/mol. The lowest BCUT2D eigenvalue weighted by molar-refractivity contribution is -0.140. The second kappa shape index (κ2) is 15.0. The molecule has 1 saturated carbocycles. The molecule has 5 atom stereocenters. The Kier molecular flexibility index (Phi) is 11.0. The summed E-state index contributed by atoms with van der Waals surface area (Å²) in [5.41, 5.74) is 1.78. The van der Waals surface area contributed by atoms with Crippen LogP contribution in [0.1, 0.15) is 93.1 Å². The summed E-state index contributed by atoms with van der Waals surface area (Å²) >= 11 is 6.35. The number of carbonyl (C=O) groups excluding carboxylic acids is 2. The van der Waals surface area contributed by atoms with Gasteiger partial charge in [0.2, 0.25) is 15.9 Å². The largest absolute Gasteiger partial charge is 0.487 e. The highest BCUT2D eigenvalue weighted by Gasteiger charge is 2.47. The van der Waals surface area contributed by atoms with Gasteiger partial charge < -0.3 is 19.6 Å². The van der Waals surface area contributed by atoms with E-state index in [9.17, 15) is 23.1 Å². The molecular formula is C38H50ClN3O6S. The highest BCUT2D eigenvalue weighted by Crippen LogP contribution is 2.46. The molecule has 2 aromatic carbocycles. The fourth-order valence-corrected chi connectivity index (χ4v) is 9.36. The maximum absolute atomic E-state index is 13.6. The monoisotopic (exact) mass is 711 g/mol. The normalized spacial score (nSPS) is 29.9. The fourth-order valence-electron chi connectivity index (χ4n) is 7.88. The molecule has 0 spiro atoms. The zero-order chi connectivity index (χ0) is 34.8. The standard InChI is InChI=1S/C38H50ClN3O6S/c1-26-9-8-17-38(45,23-36(43)41-18-5-3-6-19-41)33-15-12-30(33)24-42-20-7-4-10-28-21-32(39)14-11-31(28)25-48-35-16-13-29(22-34(35)42)37(44)40-49(46,47)27(26)2/h8,11,13-14,16-17,21-22,26-27,30,33,45H,3-7,9-10,12,15,18-20,23-25H2,1-2H3,(H,40,44)/b17-8+/t26-,27+,30-,33+,38+/m0/s1. The summed E-state index contributed by atoms with van der Waals surface area (Å²) in [5.74, 6) is -0.510. The molecule has 1 saturated heterocycles. The van der Waals surface area contributed by atoms with Crippen LogP contribution in [0.3, 0.4) is 0 Å². The van der Waals surface area contributed by atoms with Crippen LogP contribution in [0, 0.1) is 17.8 Å². The van der Waals surface area contributed by atoms with Crippen LogP contribution in [-0.2, 0) is 27.8 Å². The number of anilines is 1. The van der Waals surface area contributed by atoms with Crippen molar-refractivity contribution in [3.8, 4) is 5.75 Å². The lowest BCUT2D eigenvalue weighted by Gasteiger charge is -2.48. The summed E-state index contributed by atoms with van der Waals surface area (Å²) in [5, 5.41) is 12.2. The van der Waals surface area contributed by atoms with Crippen LogP contribution < -0.4 is 14.4 Å². The Bertz CT molecular complexity index is 1680. The molecule has 2 bridgehead atoms. The molecular weight excluding hydrogens is 662 g/mol. The molecule has 2 fully saturated rings. The smallest absolute Gasteiger partial charge is 0.264 e. The highest BCUT2D eigenvalue weighted by molar-refractivity contribution is 7.90. The minimum atomic E-state index is -4.02. The Morgan fingerprint density at radius 1 is 1.02 bits per heavy atom. The Hall–Kier alpha value is -3.08. The molecule has 2 aromatic rings. The minimum absolute atomic E-state index is 0.00756. The third-order valence-corrected chi connectivity index (χ3v) is 13.5. The van der Waals surface area contributed by atoms with Gasteiger partial charge in [-0.15, -0.1) is 0 Å². The number of rotatable bonds is 2. The van der Waals surface area contributed by atoms with Gasteiger partial charge in [-0.2, -0.15) is 0 Å². The third kappa shape index (κ3) is 8.12. The van der Waals surface area contributed by atoms with E-state index in [4.69, 9.17) is 16.3 Å². The van der Waals surface area contributed by atoms with Crippen LogP contribution in [0.4, 0.5) is 5.69 Å². The predicted octanol–water partition coefficient (Wildman–Crippen LogP) is 6.27. The minimum Gasteiger partial charge on any atom is -0.487 e. The lowest BCUT2D eigenvalue weighted by Crippen LogP contribution is -2.52. The summed E-state index contributed by atoms with van der Waals surface area (Å²) < 4.78 is 35.6. The lowest BCUT2D eigenvalue weighted by atomic mass is 9.63. The van der Waals surface area contributed by atoms with E-state index in [-0.39, 0.29) is 35.6 Å². The van der Waals surface area contributed by atoms with E-state index in [1.165, 1.54) is 0 Å². The molecule has 11 heteroatoms. The van der Waals surface area contributed by atoms with Crippen LogP contribution in [0.5, 0.6) is 5.75 Å². The first-order valence-corrected chi connectivity index (χ1v) is 19.9. The molecule has 49 heavy (non-hydrogen) atoms. The third-order valence-electron chi connectivity index (χ3n) is 11.3. The van der Waals surface area contributed by atoms with Gasteiger partial charge in [-0.3, -0.25) is 9.59 Å². The number of allylic oxidation sites excluding steroid dienone is 1. The molecule has 3 aliphatic heterocycles. The first-order chi connectivity index (χ1) is 23.4. The van der Waals surface area contributed by atoms with Gasteiger partial charge in [-0.1, -0.05) is 36.7 Å². The Balaban J connectivity index is 1.38. The van der Waals surface area contributed by atoms with Crippen molar-refractivity contribution in [1.29, 1.82) is 0 Å². The van der Waals surface area contributed by atoms with Gasteiger partial charge in [0.1, 0.15) is 12.4 Å². The first-order valence-electron chi connectivity index (χ1n) is 18.0. The van der Waals surface area contributed by atoms with Crippen molar-refractivity contribution in [2.75, 3.05) is 31.1 Å². The number of fused-ring (bicyclic) bond motifs is 3. The fraction of sp³-hybridized carbons (Fsp3) is 0.579. The molecule has 2 N–H and O–H groups in total. The van der Waals surface area contributed by atoms with Crippen molar-refractivity contribution in [3.05, 3.63) is 70.3 Å². The topological polar surface area (TPSA) is 116 Å². The van der Waals surface area contributed by atoms with Crippen LogP contribution in [0.2, 0.25) is 5.02 Å². The van der Waals surface area contributed by atoms with Gasteiger partial charge in [0.15, 0.2) is 0 Å². The molecule has 0 aromatic heterocycles. The summed E-state index contributed by atoms with van der Waals surface area (Å²) in [6.45, 7) is 6.45. The van der Waals surface area contributed by atoms with Crippen molar-refractivity contribution in [2.24, 2.45) is 17.8 Å². The summed E-state index contributed by atoms with van der Waals surface area (Å²) in [6, 6.07) is 11.0. The Morgan fingerprint density at radius 3 is 2.55 bits per heavy atom. The number of nitrogens with zero attached hydrogens (tertiary/aromatic N) is 2. The number of hydrogen-bond acceptors (Lipinski definition) is 7. The zero-order valence-corrected chi connectivity index (χ0v) is 30.3. The molecule has 3 heterocycles. The van der Waals surface area contributed by atoms with Crippen molar-refractivity contribution < 1.29 is 27.9 Å². The number of aliphatic hydroxyl groups is 1. The van der Waals surface area contributed by atoms with Crippen LogP contribution in [0.25, 0.3) is 0 Å². The SMILES string of the molecule is C[C@@H]1[C@@H](C)C/C=C/[C@@](O)(CC(=O)N2CCCCC2)[C@@H]2CC[C@H]2CN2CCCCc3cc(Cl)ccc3COc3ccc(cc32)C(=O)NS1(=O)=O. The summed E-state index contributed by atoms with van der Waals surface area (Å²) in [4.78, 5) is 31.2. The van der Waals surface area contributed by atoms with E-state index in [1.807, 2.05) is 36.1 Å². The first kappa shape index (κ1) is 35.7. The van der Waals surface area contributed by atoms with Crippen LogP contribution >= 0.6 is 11.6 Å². The second-order valence-corrected chi connectivity index (χ2v) is 17.1. The van der Waals surface area contributed by atoms with E-state index in [2.05, 4.69) is 9.62 Å². The maximum atomic E-state index is 13.6. The number of benzene rings is 2. The quantitative estimate of drug-likeness (QED) is 0.353. The number of hydrogen-bond donors (Lipinski definition) is 2. The van der Waals surface area contributed by atoms with Gasteiger partial charge in [0.05, 0.1) is 23.0 Å². The van der Waals surface area contributed by atoms with Gasteiger partial charge in [-0.25, -0.2) is 13.1 Å². The van der Waals surface area contributed by atoms with Gasteiger partial charge >= 0.3 is 0 Å². The van der Waals surface area contributed by atoms with E-state index in [0.717, 1.165) is 62.5 Å². The second-order valence-electron chi connectivity index (χ2n) is 14.6. The molecule has 9 nitrogen and oxygen atoms in total. The number of carbonyl (C=O) groups is 2. The maximum Gasteiger partial charge on any atom is 0.264 e. The van der Waals surface area contributed by atoms with Crippen molar-refractivity contribution >= 4 is 39.1 Å². The predicted molar refractivity (Wildman–Crippen MR) is 192 cm³/mol. The van der Waals surface area contributed by atoms with Crippen molar-refractivity contribution in [2.45, 2.75) is 95.5 Å². The Morgan fingerprint density at radius 2 is 1.80 bits per heavy atom. The molecule has 4 aliphatic rings. The van der Waals surface area contributed by atoms with E-state index < -0.39 is 26.8 Å². The molecule has 6 rings (SSSR count). The molecule has 0 unspecified atom stereocenters. The molecule has 266 valence electrons. The number of ether oxygens (including phenoxy) is 1. The van der Waals surface area contributed by atoms with Gasteiger partial charge in [-0.05, 0) is 124 Å². The van der Waals surface area contributed by atoms with Gasteiger partial charge in [0, 0.05) is 36.8 Å². The summed E-state index contributed by atoms with van der Waals surface area (Å²) in [6.07, 6.45) is 11.4. The Labute approximate surface area is 296 Å². The number of piperidine rings is 1. The van der Waals surface area contributed by atoms with Crippen LogP contribution in [0.15, 0.2) is 48.6 Å². The van der Waals surface area contributed by atoms with Crippen LogP contribution in [-0.4, -0.2) is 67.3 Å². The highest BCUT2D eigenvalue weighted by atomic mass is 35.5. The molecule has 2 amide bonds. The number of aryl methyl sites for hydroxylation is 1. The number of likely N-dealkylation sites (tertiary alicyclic amines) is 1. The molecule has 0 radical (unpaired) electrons. The zero-order valence-electron chi connectivity index (χ0n) is 28.7. The summed E-state index contributed by atoms with van der Waals surface area (Å²) in [7, 11) is -4.02. The van der Waals surface area contributed by atoms with Gasteiger partial charge in [0.25, 0.3) is 5.91 Å². The van der Waals surface area contributed by atoms with Crippen molar-refractivity contribution in [3.63, 3.8) is 0 Å².